The van der Waals surface area contributed by atoms with E-state index in [9.17, 15) is 4.79 Å². The van der Waals surface area contributed by atoms with Crippen molar-refractivity contribution < 1.29 is 9.53 Å². The van der Waals surface area contributed by atoms with Crippen molar-refractivity contribution >= 4 is 18.1 Å². The normalized spacial score (nSPS) is 11.9. The number of aromatic amines is 1. The molecule has 3 rings (SSSR count). The van der Waals surface area contributed by atoms with Crippen molar-refractivity contribution in [1.29, 1.82) is 0 Å². The molecule has 1 unspecified atom stereocenters. The van der Waals surface area contributed by atoms with Gasteiger partial charge in [0.05, 0.1) is 7.11 Å². The van der Waals surface area contributed by atoms with E-state index in [0.717, 1.165) is 17.9 Å². The predicted octanol–water partition coefficient (Wildman–Crippen LogP) is 2.66. The highest BCUT2D eigenvalue weighted by atomic mass is 32.1. The summed E-state index contributed by atoms with van der Waals surface area (Å²) in [5.41, 5.74) is 0.904. The van der Waals surface area contributed by atoms with E-state index in [-0.39, 0.29) is 11.8 Å². The molecule has 0 fully saturated rings. The molecule has 28 heavy (non-hydrogen) atoms. The van der Waals surface area contributed by atoms with Crippen LogP contribution in [0.3, 0.4) is 0 Å². The summed E-state index contributed by atoms with van der Waals surface area (Å²) in [7, 11) is 1.62. The number of H-pyrrole nitrogens is 1. The second-order valence-corrected chi connectivity index (χ2v) is 7.01. The fraction of sp³-hybridized carbons (Fsp3) is 0.368. The zero-order valence-corrected chi connectivity index (χ0v) is 16.8. The van der Waals surface area contributed by atoms with Gasteiger partial charge in [-0.1, -0.05) is 6.92 Å². The summed E-state index contributed by atoms with van der Waals surface area (Å²) in [5.74, 6) is 1.74. The predicted molar refractivity (Wildman–Crippen MR) is 108 cm³/mol. The molecule has 0 aliphatic carbocycles. The number of methoxy groups -OCH3 is 1. The average molecular weight is 401 g/mol. The first-order valence-corrected chi connectivity index (χ1v) is 9.51. The highest BCUT2D eigenvalue weighted by Gasteiger charge is 2.12. The van der Waals surface area contributed by atoms with E-state index >= 15 is 0 Å². The maximum absolute atomic E-state index is 12.3. The Bertz CT molecular complexity index is 946. The Morgan fingerprint density at radius 3 is 2.82 bits per heavy atom. The summed E-state index contributed by atoms with van der Waals surface area (Å²) in [4.78, 5) is 12.3. The van der Waals surface area contributed by atoms with Crippen LogP contribution in [0.5, 0.6) is 5.75 Å². The van der Waals surface area contributed by atoms with E-state index in [4.69, 9.17) is 17.0 Å². The van der Waals surface area contributed by atoms with Crippen LogP contribution in [0.4, 0.5) is 0 Å². The monoisotopic (exact) mass is 400 g/mol. The number of nitrogens with one attached hydrogen (secondary N) is 2. The van der Waals surface area contributed by atoms with E-state index in [2.05, 4.69) is 27.5 Å². The topological polar surface area (TPSA) is 89.8 Å². The van der Waals surface area contributed by atoms with Crippen LogP contribution < -0.4 is 10.1 Å². The van der Waals surface area contributed by atoms with Crippen molar-refractivity contribution in [3.8, 4) is 17.1 Å². The third-order valence-corrected chi connectivity index (χ3v) is 4.69. The smallest absolute Gasteiger partial charge is 0.221 e. The number of carbonyl (C=O) groups is 1. The molecule has 2 N–H and O–H groups in total. The Kier molecular flexibility index (Phi) is 6.59. The average Bonchev–Trinajstić information content (AvgIpc) is 3.34. The zero-order chi connectivity index (χ0) is 19.9. The van der Waals surface area contributed by atoms with Crippen LogP contribution in [-0.2, 0) is 17.9 Å². The fourth-order valence-corrected chi connectivity index (χ4v) is 3.09. The van der Waals surface area contributed by atoms with E-state index in [1.807, 2.05) is 45.8 Å². The van der Waals surface area contributed by atoms with Crippen LogP contribution >= 0.6 is 12.2 Å². The lowest BCUT2D eigenvalue weighted by Gasteiger charge is -2.13. The van der Waals surface area contributed by atoms with Crippen molar-refractivity contribution in [1.82, 2.24) is 29.9 Å². The van der Waals surface area contributed by atoms with Crippen LogP contribution in [-0.4, -0.2) is 44.1 Å². The number of amides is 1. The number of rotatable bonds is 9. The molecule has 1 aromatic carbocycles. The van der Waals surface area contributed by atoms with Gasteiger partial charge in [0.2, 0.25) is 5.91 Å². The number of hydrogen-bond donors (Lipinski definition) is 2. The Hall–Kier alpha value is -2.94. The molecule has 0 aliphatic heterocycles. The van der Waals surface area contributed by atoms with Gasteiger partial charge in [-0.25, -0.2) is 0 Å². The van der Waals surface area contributed by atoms with Crippen LogP contribution in [0.15, 0.2) is 42.7 Å². The number of aromatic nitrogens is 5. The lowest BCUT2D eigenvalue weighted by atomic mass is 10.2. The first kappa shape index (κ1) is 19.8. The summed E-state index contributed by atoms with van der Waals surface area (Å²) in [6.07, 6.45) is 3.99. The summed E-state index contributed by atoms with van der Waals surface area (Å²) in [6, 6.07) is 9.45. The van der Waals surface area contributed by atoms with E-state index < -0.39 is 0 Å². The third-order valence-electron chi connectivity index (χ3n) is 4.37. The molecule has 148 valence electrons. The van der Waals surface area contributed by atoms with Gasteiger partial charge in [0, 0.05) is 44.0 Å². The summed E-state index contributed by atoms with van der Waals surface area (Å²) >= 11 is 5.32. The number of hydrogen-bond acceptors (Lipinski definition) is 5. The van der Waals surface area contributed by atoms with E-state index in [1.165, 1.54) is 0 Å². The summed E-state index contributed by atoms with van der Waals surface area (Å²) < 4.78 is 9.38. The minimum Gasteiger partial charge on any atom is -0.497 e. The van der Waals surface area contributed by atoms with Crippen molar-refractivity contribution in [3.05, 3.63) is 47.5 Å². The second-order valence-electron chi connectivity index (χ2n) is 6.62. The third kappa shape index (κ3) is 5.07. The van der Waals surface area contributed by atoms with Gasteiger partial charge in [0.1, 0.15) is 5.75 Å². The van der Waals surface area contributed by atoms with Gasteiger partial charge in [-0.3, -0.25) is 19.1 Å². The van der Waals surface area contributed by atoms with Crippen LogP contribution in [0.25, 0.3) is 11.4 Å². The molecule has 0 radical (unpaired) electrons. The minimum atomic E-state index is -0.0175. The van der Waals surface area contributed by atoms with Crippen molar-refractivity contribution in [2.75, 3.05) is 13.7 Å². The van der Waals surface area contributed by atoms with Gasteiger partial charge >= 0.3 is 0 Å². The van der Waals surface area contributed by atoms with Gasteiger partial charge in [0.25, 0.3) is 0 Å². The molecule has 1 amide bonds. The molecule has 0 saturated heterocycles. The molecule has 0 bridgehead atoms. The molecule has 0 aliphatic rings. The highest BCUT2D eigenvalue weighted by Crippen LogP contribution is 2.21. The number of ether oxygens (including phenoxy) is 1. The summed E-state index contributed by atoms with van der Waals surface area (Å²) in [5, 5.41) is 14.3. The quantitative estimate of drug-likeness (QED) is 0.539. The van der Waals surface area contributed by atoms with Gasteiger partial charge in [0.15, 0.2) is 10.6 Å². The van der Waals surface area contributed by atoms with Crippen molar-refractivity contribution in [2.45, 2.75) is 26.4 Å². The fourth-order valence-electron chi connectivity index (χ4n) is 2.87. The summed E-state index contributed by atoms with van der Waals surface area (Å²) in [6.45, 7) is 3.90. The lowest BCUT2D eigenvalue weighted by Crippen LogP contribution is -2.30. The van der Waals surface area contributed by atoms with Gasteiger partial charge in [-0.05, 0) is 48.5 Å². The molecular formula is C19H24N6O2S. The maximum Gasteiger partial charge on any atom is 0.221 e. The Morgan fingerprint density at radius 2 is 2.14 bits per heavy atom. The van der Waals surface area contributed by atoms with E-state index in [1.54, 1.807) is 13.3 Å². The second kappa shape index (κ2) is 9.32. The van der Waals surface area contributed by atoms with Gasteiger partial charge in [-0.2, -0.15) is 10.2 Å². The SMILES string of the molecule is COc1ccc(-c2n[nH]c(=S)n2CCC(=O)NCC(C)Cn2cccn2)cc1. The molecule has 9 heteroatoms. The van der Waals surface area contributed by atoms with Gasteiger partial charge in [-0.15, -0.1) is 0 Å². The standard InChI is InChI=1S/C19H24N6O2S/c1-14(13-24-10-3-9-21-24)12-20-17(26)8-11-25-18(22-23-19(25)28)15-4-6-16(27-2)7-5-15/h3-7,9-10,14H,8,11-13H2,1-2H3,(H,20,26)(H,23,28). The Morgan fingerprint density at radius 1 is 1.36 bits per heavy atom. The number of benzene rings is 1. The molecule has 0 saturated carbocycles. The van der Waals surface area contributed by atoms with Crippen LogP contribution in [0, 0.1) is 10.7 Å². The Labute approximate surface area is 168 Å². The van der Waals surface area contributed by atoms with Crippen LogP contribution in [0.2, 0.25) is 0 Å². The highest BCUT2D eigenvalue weighted by molar-refractivity contribution is 7.71. The minimum absolute atomic E-state index is 0.0175. The molecule has 1 atom stereocenters. The van der Waals surface area contributed by atoms with Crippen molar-refractivity contribution in [3.63, 3.8) is 0 Å². The molecular weight excluding hydrogens is 376 g/mol. The van der Waals surface area contributed by atoms with Gasteiger partial charge < -0.3 is 10.1 Å². The zero-order valence-electron chi connectivity index (χ0n) is 16.0. The molecule has 2 heterocycles. The first-order chi connectivity index (χ1) is 13.6. The van der Waals surface area contributed by atoms with E-state index in [0.29, 0.717) is 30.1 Å². The molecule has 8 nitrogen and oxygen atoms in total. The largest absolute Gasteiger partial charge is 0.497 e. The Balaban J connectivity index is 1.54. The van der Waals surface area contributed by atoms with Crippen LogP contribution in [0.1, 0.15) is 13.3 Å². The number of nitrogens with zero attached hydrogens (tertiary/aromatic N) is 4. The lowest BCUT2D eigenvalue weighted by molar-refractivity contribution is -0.121. The maximum atomic E-state index is 12.3. The molecule has 0 spiro atoms. The van der Waals surface area contributed by atoms with Crippen molar-refractivity contribution in [2.24, 2.45) is 5.92 Å². The molecule has 2 aromatic heterocycles. The first-order valence-electron chi connectivity index (χ1n) is 9.10. The number of carbonyl (C=O) groups excluding carboxylic acids is 1. The molecule has 3 aromatic rings.